The number of rotatable bonds is 5. The fraction of sp³-hybridized carbons (Fsp3) is 0.0476. The van der Waals surface area contributed by atoms with Crippen molar-refractivity contribution in [3.05, 3.63) is 72.6 Å². The van der Waals surface area contributed by atoms with E-state index in [0.717, 1.165) is 22.0 Å². The van der Waals surface area contributed by atoms with Crippen LogP contribution in [0.15, 0.2) is 72.1 Å². The fourth-order valence-electron chi connectivity index (χ4n) is 2.73. The van der Waals surface area contributed by atoms with E-state index < -0.39 is 0 Å². The molecule has 138 valence electrons. The number of aromatic hydroxyl groups is 1. The number of ether oxygens (including phenoxy) is 1. The van der Waals surface area contributed by atoms with Crippen LogP contribution in [-0.2, 0) is 0 Å². The molecule has 0 aliphatic carbocycles. The number of hydrazone groups is 1. The molecule has 7 heteroatoms. The number of methoxy groups -OCH3 is 1. The van der Waals surface area contributed by atoms with E-state index in [0.29, 0.717) is 17.4 Å². The summed E-state index contributed by atoms with van der Waals surface area (Å²) in [5, 5.41) is 14.8. The first-order valence-electron chi connectivity index (χ1n) is 8.58. The number of phenols is 1. The molecule has 7 nitrogen and oxygen atoms in total. The molecule has 0 amide bonds. The van der Waals surface area contributed by atoms with Crippen molar-refractivity contribution in [1.82, 2.24) is 15.0 Å². The lowest BCUT2D eigenvalue weighted by atomic mass is 10.2. The second-order valence-electron chi connectivity index (χ2n) is 5.95. The zero-order chi connectivity index (χ0) is 19.3. The number of hydrogen-bond donors (Lipinski definition) is 2. The Morgan fingerprint density at radius 3 is 2.68 bits per heavy atom. The van der Waals surface area contributed by atoms with Crippen LogP contribution in [0.4, 0.5) is 5.82 Å². The van der Waals surface area contributed by atoms with Gasteiger partial charge in [-0.15, -0.1) is 0 Å². The SMILES string of the molecule is COc1cc(C=NNc2nc(-c3ccncc3)nc3ccccc23)ccc1O. The molecule has 0 spiro atoms. The van der Waals surface area contributed by atoms with Gasteiger partial charge >= 0.3 is 0 Å². The highest BCUT2D eigenvalue weighted by Gasteiger charge is 2.08. The third kappa shape index (κ3) is 3.59. The Kier molecular flexibility index (Phi) is 4.79. The average Bonchev–Trinajstić information content (AvgIpc) is 2.75. The van der Waals surface area contributed by atoms with E-state index >= 15 is 0 Å². The van der Waals surface area contributed by atoms with E-state index in [9.17, 15) is 5.11 Å². The van der Waals surface area contributed by atoms with Gasteiger partial charge in [-0.2, -0.15) is 5.10 Å². The average molecular weight is 371 g/mol. The fourth-order valence-corrected chi connectivity index (χ4v) is 2.73. The summed E-state index contributed by atoms with van der Waals surface area (Å²) in [7, 11) is 1.50. The molecule has 0 saturated carbocycles. The third-order valence-corrected chi connectivity index (χ3v) is 4.13. The van der Waals surface area contributed by atoms with E-state index in [1.165, 1.54) is 7.11 Å². The quantitative estimate of drug-likeness (QED) is 0.409. The molecule has 0 bridgehead atoms. The molecule has 2 aromatic heterocycles. The van der Waals surface area contributed by atoms with E-state index in [4.69, 9.17) is 4.74 Å². The number of anilines is 1. The van der Waals surface area contributed by atoms with Gasteiger partial charge in [0.2, 0.25) is 0 Å². The highest BCUT2D eigenvalue weighted by atomic mass is 16.5. The van der Waals surface area contributed by atoms with Crippen LogP contribution in [0.25, 0.3) is 22.3 Å². The van der Waals surface area contributed by atoms with Crippen LogP contribution >= 0.6 is 0 Å². The van der Waals surface area contributed by atoms with Crippen LogP contribution in [0.5, 0.6) is 11.5 Å². The molecule has 4 aromatic rings. The summed E-state index contributed by atoms with van der Waals surface area (Å²) in [6.07, 6.45) is 5.04. The van der Waals surface area contributed by atoms with Crippen molar-refractivity contribution in [1.29, 1.82) is 0 Å². The summed E-state index contributed by atoms with van der Waals surface area (Å²) in [5.41, 5.74) is 5.46. The monoisotopic (exact) mass is 371 g/mol. The molecule has 0 aliphatic rings. The first-order chi connectivity index (χ1) is 13.7. The number of pyridine rings is 1. The van der Waals surface area contributed by atoms with Crippen LogP contribution in [0.3, 0.4) is 0 Å². The van der Waals surface area contributed by atoms with Crippen LogP contribution in [0.1, 0.15) is 5.56 Å². The van der Waals surface area contributed by atoms with Crippen LogP contribution < -0.4 is 10.2 Å². The number of nitrogens with zero attached hydrogens (tertiary/aromatic N) is 4. The Bertz CT molecular complexity index is 1150. The Hall–Kier alpha value is -4.00. The third-order valence-electron chi connectivity index (χ3n) is 4.13. The summed E-state index contributed by atoms with van der Waals surface area (Å²) >= 11 is 0. The second kappa shape index (κ2) is 7.71. The molecule has 4 rings (SSSR count). The lowest BCUT2D eigenvalue weighted by Gasteiger charge is -2.08. The van der Waals surface area contributed by atoms with Gasteiger partial charge in [-0.25, -0.2) is 9.97 Å². The smallest absolute Gasteiger partial charge is 0.162 e. The van der Waals surface area contributed by atoms with Crippen LogP contribution in [-0.4, -0.2) is 33.4 Å². The van der Waals surface area contributed by atoms with Crippen molar-refractivity contribution in [2.45, 2.75) is 0 Å². The maximum atomic E-state index is 9.69. The predicted molar refractivity (Wildman–Crippen MR) is 109 cm³/mol. The van der Waals surface area contributed by atoms with Gasteiger partial charge in [0.1, 0.15) is 0 Å². The number of benzene rings is 2. The summed E-state index contributed by atoms with van der Waals surface area (Å²) in [6.45, 7) is 0. The van der Waals surface area contributed by atoms with Gasteiger partial charge in [0.15, 0.2) is 23.1 Å². The maximum Gasteiger partial charge on any atom is 0.162 e. The molecular formula is C21H17N5O2. The minimum Gasteiger partial charge on any atom is -0.504 e. The number of nitrogens with one attached hydrogen (secondary N) is 1. The van der Waals surface area contributed by atoms with E-state index in [2.05, 4.69) is 25.5 Å². The summed E-state index contributed by atoms with van der Waals surface area (Å²) in [5.74, 6) is 1.65. The molecular weight excluding hydrogens is 354 g/mol. The predicted octanol–water partition coefficient (Wildman–Crippen LogP) is 3.85. The Morgan fingerprint density at radius 2 is 1.86 bits per heavy atom. The highest BCUT2D eigenvalue weighted by Crippen LogP contribution is 2.26. The van der Waals surface area contributed by atoms with Gasteiger partial charge in [0, 0.05) is 23.3 Å². The van der Waals surface area contributed by atoms with Gasteiger partial charge in [-0.3, -0.25) is 10.4 Å². The lowest BCUT2D eigenvalue weighted by molar-refractivity contribution is 0.373. The van der Waals surface area contributed by atoms with Crippen molar-refractivity contribution < 1.29 is 9.84 Å². The molecule has 0 aliphatic heterocycles. The van der Waals surface area contributed by atoms with Crippen molar-refractivity contribution in [2.75, 3.05) is 12.5 Å². The lowest BCUT2D eigenvalue weighted by Crippen LogP contribution is -1.99. The van der Waals surface area contributed by atoms with Gasteiger partial charge < -0.3 is 9.84 Å². The molecule has 0 radical (unpaired) electrons. The zero-order valence-corrected chi connectivity index (χ0v) is 15.1. The number of para-hydroxylation sites is 1. The van der Waals surface area contributed by atoms with Gasteiger partial charge in [0.25, 0.3) is 0 Å². The normalized spacial score (nSPS) is 11.0. The first-order valence-corrected chi connectivity index (χ1v) is 8.58. The highest BCUT2D eigenvalue weighted by molar-refractivity contribution is 5.91. The van der Waals surface area contributed by atoms with Crippen LogP contribution in [0.2, 0.25) is 0 Å². The number of aromatic nitrogens is 3. The van der Waals surface area contributed by atoms with E-state index in [1.54, 1.807) is 36.8 Å². The Balaban J connectivity index is 1.68. The van der Waals surface area contributed by atoms with Crippen molar-refractivity contribution in [3.8, 4) is 22.9 Å². The van der Waals surface area contributed by atoms with Gasteiger partial charge in [-0.05, 0) is 48.0 Å². The van der Waals surface area contributed by atoms with Crippen molar-refractivity contribution in [2.24, 2.45) is 5.10 Å². The number of fused-ring (bicyclic) bond motifs is 1. The van der Waals surface area contributed by atoms with Crippen LogP contribution in [0, 0.1) is 0 Å². The first kappa shape index (κ1) is 17.4. The number of hydrogen-bond acceptors (Lipinski definition) is 7. The minimum atomic E-state index is 0.0800. The summed E-state index contributed by atoms with van der Waals surface area (Å²) < 4.78 is 5.11. The van der Waals surface area contributed by atoms with Gasteiger partial charge in [0.05, 0.1) is 18.8 Å². The molecule has 2 N–H and O–H groups in total. The van der Waals surface area contributed by atoms with Crippen molar-refractivity contribution >= 4 is 22.9 Å². The minimum absolute atomic E-state index is 0.0800. The Labute approximate surface area is 161 Å². The zero-order valence-electron chi connectivity index (χ0n) is 15.1. The molecule has 28 heavy (non-hydrogen) atoms. The largest absolute Gasteiger partial charge is 0.504 e. The summed E-state index contributed by atoms with van der Waals surface area (Å²) in [4.78, 5) is 13.3. The van der Waals surface area contributed by atoms with Gasteiger partial charge in [-0.1, -0.05) is 12.1 Å². The van der Waals surface area contributed by atoms with Crippen molar-refractivity contribution in [3.63, 3.8) is 0 Å². The molecule has 2 heterocycles. The Morgan fingerprint density at radius 1 is 1.04 bits per heavy atom. The molecule has 0 fully saturated rings. The maximum absolute atomic E-state index is 9.69. The van der Waals surface area contributed by atoms with E-state index in [-0.39, 0.29) is 5.75 Å². The second-order valence-corrected chi connectivity index (χ2v) is 5.95. The molecule has 0 atom stereocenters. The standard InChI is InChI=1S/C21H17N5O2/c1-28-19-12-14(6-7-18(19)27)13-23-26-21-16-4-2-3-5-17(16)24-20(25-21)15-8-10-22-11-9-15/h2-13,27H,1H3,(H,24,25,26). The number of phenolic OH excluding ortho intramolecular Hbond substituents is 1. The summed E-state index contributed by atoms with van der Waals surface area (Å²) in [6, 6.07) is 16.4. The topological polar surface area (TPSA) is 92.5 Å². The molecule has 0 unspecified atom stereocenters. The molecule has 2 aromatic carbocycles. The molecule has 0 saturated heterocycles. The van der Waals surface area contributed by atoms with E-state index in [1.807, 2.05) is 36.4 Å².